The van der Waals surface area contributed by atoms with Crippen LogP contribution in [0.15, 0.2) is 18.2 Å². The van der Waals surface area contributed by atoms with E-state index in [1.165, 1.54) is 17.0 Å². The van der Waals surface area contributed by atoms with Gasteiger partial charge in [0.1, 0.15) is 23.6 Å². The lowest BCUT2D eigenvalue weighted by Gasteiger charge is -2.45. The molecule has 4 rings (SSSR count). The molecule has 1 atom stereocenters. The summed E-state index contributed by atoms with van der Waals surface area (Å²) in [5.41, 5.74) is -0.380. The number of likely N-dealkylation sites (tertiary alicyclic amines) is 2. The molecule has 35 heavy (non-hydrogen) atoms. The third-order valence-electron chi connectivity index (χ3n) is 7.63. The van der Waals surface area contributed by atoms with Crippen molar-refractivity contribution in [1.29, 1.82) is 0 Å². The number of rotatable bonds is 7. The summed E-state index contributed by atoms with van der Waals surface area (Å²) in [5.74, 6) is -1.06. The summed E-state index contributed by atoms with van der Waals surface area (Å²) < 4.78 is 62.5. The van der Waals surface area contributed by atoms with Crippen molar-refractivity contribution in [3.05, 3.63) is 29.6 Å². The summed E-state index contributed by atoms with van der Waals surface area (Å²) in [6.45, 7) is 2.61. The molecule has 2 saturated heterocycles. The first-order valence-electron chi connectivity index (χ1n) is 11.9. The van der Waals surface area contributed by atoms with Crippen molar-refractivity contribution >= 4 is 12.1 Å². The van der Waals surface area contributed by atoms with Gasteiger partial charge in [-0.1, -0.05) is 6.07 Å². The quantitative estimate of drug-likeness (QED) is 0.550. The van der Waals surface area contributed by atoms with Gasteiger partial charge < -0.3 is 19.5 Å². The number of benzene rings is 1. The SMILES string of the molecule is CC(OC(=O)N1CCC2(CCCN2Cc2ccc(F)cc2OCC2(C(=O)O)CC2)CC1)C(F)(F)F. The van der Waals surface area contributed by atoms with E-state index in [9.17, 15) is 32.3 Å². The number of amides is 1. The van der Waals surface area contributed by atoms with E-state index in [-0.39, 0.29) is 25.2 Å². The van der Waals surface area contributed by atoms with Crippen LogP contribution < -0.4 is 4.74 Å². The highest BCUT2D eigenvalue weighted by atomic mass is 19.4. The van der Waals surface area contributed by atoms with Crippen molar-refractivity contribution in [2.75, 3.05) is 26.2 Å². The largest absolute Gasteiger partial charge is 0.492 e. The van der Waals surface area contributed by atoms with Crippen molar-refractivity contribution in [2.24, 2.45) is 5.41 Å². The number of hydrogen-bond acceptors (Lipinski definition) is 5. The van der Waals surface area contributed by atoms with E-state index in [2.05, 4.69) is 9.64 Å². The molecule has 1 spiro atoms. The lowest BCUT2D eigenvalue weighted by atomic mass is 9.85. The van der Waals surface area contributed by atoms with Gasteiger partial charge in [-0.05, 0) is 58.1 Å². The van der Waals surface area contributed by atoms with E-state index < -0.39 is 35.6 Å². The highest BCUT2D eigenvalue weighted by molar-refractivity contribution is 5.78. The van der Waals surface area contributed by atoms with Crippen LogP contribution in [0.2, 0.25) is 0 Å². The van der Waals surface area contributed by atoms with Crippen LogP contribution in [0, 0.1) is 11.2 Å². The molecular formula is C24H30F4N2O5. The first-order valence-corrected chi connectivity index (χ1v) is 11.9. The first kappa shape index (κ1) is 25.5. The normalized spacial score (nSPS) is 22.1. The molecule has 1 N–H and O–H groups in total. The van der Waals surface area contributed by atoms with Crippen LogP contribution >= 0.6 is 0 Å². The monoisotopic (exact) mass is 502 g/mol. The number of nitrogens with zero attached hydrogens (tertiary/aromatic N) is 2. The van der Waals surface area contributed by atoms with Crippen LogP contribution in [-0.4, -0.2) is 71.0 Å². The zero-order valence-electron chi connectivity index (χ0n) is 19.6. The van der Waals surface area contributed by atoms with Gasteiger partial charge in [-0.15, -0.1) is 0 Å². The molecule has 1 aromatic carbocycles. The number of carboxylic acids is 1. The minimum Gasteiger partial charge on any atom is -0.492 e. The maximum absolute atomic E-state index is 14.0. The molecule has 194 valence electrons. The van der Waals surface area contributed by atoms with Crippen LogP contribution in [0.3, 0.4) is 0 Å². The number of ether oxygens (including phenoxy) is 2. The Morgan fingerprint density at radius 1 is 1.11 bits per heavy atom. The second-order valence-electron chi connectivity index (χ2n) is 9.93. The molecule has 2 aliphatic heterocycles. The Balaban J connectivity index is 1.39. The molecule has 1 aliphatic carbocycles. The topological polar surface area (TPSA) is 79.3 Å². The third kappa shape index (κ3) is 5.49. The molecular weight excluding hydrogens is 472 g/mol. The standard InChI is InChI=1S/C24H30F4N2O5/c1-16(24(26,27)28)35-21(33)29-11-8-23(9-12-29)5-2-10-30(23)14-17-3-4-18(25)13-19(17)34-15-22(6-7-22)20(31)32/h3-4,13,16H,2,5-12,14-15H2,1H3,(H,31,32). The van der Waals surface area contributed by atoms with E-state index >= 15 is 0 Å². The number of piperidine rings is 1. The predicted octanol–water partition coefficient (Wildman–Crippen LogP) is 4.59. The van der Waals surface area contributed by atoms with E-state index in [1.54, 1.807) is 6.07 Å². The van der Waals surface area contributed by atoms with Crippen LogP contribution in [0.1, 0.15) is 51.0 Å². The Morgan fingerprint density at radius 3 is 2.40 bits per heavy atom. The van der Waals surface area contributed by atoms with E-state index in [4.69, 9.17) is 4.74 Å². The highest BCUT2D eigenvalue weighted by Gasteiger charge is 2.51. The number of hydrogen-bond donors (Lipinski definition) is 1. The van der Waals surface area contributed by atoms with E-state index in [0.717, 1.165) is 31.9 Å². The van der Waals surface area contributed by atoms with Crippen molar-refractivity contribution < 1.29 is 41.7 Å². The molecule has 11 heteroatoms. The van der Waals surface area contributed by atoms with E-state index in [1.807, 2.05) is 0 Å². The van der Waals surface area contributed by atoms with Gasteiger partial charge in [-0.25, -0.2) is 9.18 Å². The van der Waals surface area contributed by atoms with Gasteiger partial charge in [0.05, 0.1) is 0 Å². The molecule has 0 bridgehead atoms. The predicted molar refractivity (Wildman–Crippen MR) is 116 cm³/mol. The van der Waals surface area contributed by atoms with Crippen LogP contribution in [0.25, 0.3) is 0 Å². The molecule has 1 amide bonds. The molecule has 7 nitrogen and oxygen atoms in total. The van der Waals surface area contributed by atoms with Gasteiger partial charge in [-0.3, -0.25) is 9.69 Å². The summed E-state index contributed by atoms with van der Waals surface area (Å²) >= 11 is 0. The summed E-state index contributed by atoms with van der Waals surface area (Å²) in [4.78, 5) is 27.3. The number of carbonyl (C=O) groups excluding carboxylic acids is 1. The fraction of sp³-hybridized carbons (Fsp3) is 0.667. The lowest BCUT2D eigenvalue weighted by molar-refractivity contribution is -0.200. The van der Waals surface area contributed by atoms with E-state index in [0.29, 0.717) is 38.0 Å². The van der Waals surface area contributed by atoms with Gasteiger partial charge in [0, 0.05) is 36.8 Å². The Labute approximate surface area is 201 Å². The molecule has 0 radical (unpaired) electrons. The molecule has 0 aromatic heterocycles. The third-order valence-corrected chi connectivity index (χ3v) is 7.63. The summed E-state index contributed by atoms with van der Waals surface area (Å²) in [5, 5.41) is 9.39. The first-order chi connectivity index (χ1) is 16.4. The van der Waals surface area contributed by atoms with Gasteiger partial charge >= 0.3 is 18.2 Å². The van der Waals surface area contributed by atoms with Gasteiger partial charge in [0.15, 0.2) is 6.10 Å². The number of aliphatic carboxylic acids is 1. The Kier molecular flexibility index (Phi) is 6.91. The van der Waals surface area contributed by atoms with Gasteiger partial charge in [0.2, 0.25) is 0 Å². The van der Waals surface area contributed by atoms with Gasteiger partial charge in [-0.2, -0.15) is 13.2 Å². The number of halogens is 4. The Morgan fingerprint density at radius 2 is 1.80 bits per heavy atom. The molecule has 1 unspecified atom stereocenters. The fourth-order valence-corrected chi connectivity index (χ4v) is 4.99. The molecule has 2 heterocycles. The maximum Gasteiger partial charge on any atom is 0.425 e. The summed E-state index contributed by atoms with van der Waals surface area (Å²) in [6, 6.07) is 4.26. The van der Waals surface area contributed by atoms with Crippen molar-refractivity contribution in [2.45, 2.75) is 69.8 Å². The Hall–Kier alpha value is -2.56. The lowest BCUT2D eigenvalue weighted by Crippen LogP contribution is -2.53. The average molecular weight is 503 g/mol. The summed E-state index contributed by atoms with van der Waals surface area (Å²) in [6.07, 6.45) is -3.69. The number of carboxylic acid groups (broad SMARTS) is 1. The fourth-order valence-electron chi connectivity index (χ4n) is 4.99. The van der Waals surface area contributed by atoms with Crippen LogP contribution in [0.5, 0.6) is 5.75 Å². The minimum atomic E-state index is -4.60. The zero-order chi connectivity index (χ0) is 25.4. The number of carbonyl (C=O) groups is 2. The van der Waals surface area contributed by atoms with Crippen molar-refractivity contribution in [1.82, 2.24) is 9.80 Å². The van der Waals surface area contributed by atoms with Crippen molar-refractivity contribution in [3.63, 3.8) is 0 Å². The highest BCUT2D eigenvalue weighted by Crippen LogP contribution is 2.46. The van der Waals surface area contributed by atoms with Gasteiger partial charge in [0.25, 0.3) is 0 Å². The molecule has 3 fully saturated rings. The molecule has 1 aromatic rings. The summed E-state index contributed by atoms with van der Waals surface area (Å²) in [7, 11) is 0. The smallest absolute Gasteiger partial charge is 0.425 e. The van der Waals surface area contributed by atoms with Crippen LogP contribution in [0.4, 0.5) is 22.4 Å². The minimum absolute atomic E-state index is 0.0165. The maximum atomic E-state index is 14.0. The second kappa shape index (κ2) is 9.48. The second-order valence-corrected chi connectivity index (χ2v) is 9.93. The molecule has 1 saturated carbocycles. The number of alkyl halides is 3. The zero-order valence-corrected chi connectivity index (χ0v) is 19.6. The van der Waals surface area contributed by atoms with Crippen molar-refractivity contribution in [3.8, 4) is 5.75 Å². The molecule has 3 aliphatic rings. The Bertz CT molecular complexity index is 958. The van der Waals surface area contributed by atoms with Crippen LogP contribution in [-0.2, 0) is 16.1 Å². The average Bonchev–Trinajstić information content (AvgIpc) is 3.51.